The van der Waals surface area contributed by atoms with Crippen molar-refractivity contribution in [1.82, 2.24) is 0 Å². The van der Waals surface area contributed by atoms with Crippen LogP contribution in [0.4, 0.5) is 10.1 Å². The van der Waals surface area contributed by atoms with Gasteiger partial charge in [-0.1, -0.05) is 27.5 Å². The summed E-state index contributed by atoms with van der Waals surface area (Å²) < 4.78 is 14.4. The zero-order valence-corrected chi connectivity index (χ0v) is 12.4. The molecule has 0 spiro atoms. The summed E-state index contributed by atoms with van der Waals surface area (Å²) in [4.78, 5) is 0.902. The highest BCUT2D eigenvalue weighted by atomic mass is 79.9. The molecule has 0 aromatic heterocycles. The quantitative estimate of drug-likeness (QED) is 0.617. The lowest BCUT2D eigenvalue weighted by Gasteiger charge is -2.07. The van der Waals surface area contributed by atoms with Crippen molar-refractivity contribution in [1.29, 1.82) is 0 Å². The second-order valence-electron chi connectivity index (χ2n) is 3.71. The fraction of sp³-hybridized carbons (Fsp3) is 0.0769. The van der Waals surface area contributed by atoms with E-state index in [1.807, 2.05) is 6.07 Å². The molecule has 1 nitrogen and oxygen atoms in total. The summed E-state index contributed by atoms with van der Waals surface area (Å²) in [5.41, 5.74) is 7.10. The van der Waals surface area contributed by atoms with E-state index in [9.17, 15) is 4.39 Å². The van der Waals surface area contributed by atoms with Gasteiger partial charge in [-0.25, -0.2) is 4.39 Å². The molecule has 0 saturated carbocycles. The van der Waals surface area contributed by atoms with Crippen LogP contribution in [0, 0.1) is 5.82 Å². The molecule has 0 aliphatic heterocycles. The molecule has 2 rings (SSSR count). The Balaban J connectivity index is 2.13. The fourth-order valence-electron chi connectivity index (χ4n) is 1.46. The lowest BCUT2D eigenvalue weighted by Crippen LogP contribution is -1.91. The van der Waals surface area contributed by atoms with E-state index in [4.69, 9.17) is 17.3 Å². The van der Waals surface area contributed by atoms with Crippen molar-refractivity contribution in [3.05, 3.63) is 57.3 Å². The number of rotatable bonds is 3. The molecular formula is C13H10BrClFNS. The largest absolute Gasteiger partial charge is 0.398 e. The van der Waals surface area contributed by atoms with Gasteiger partial charge in [-0.05, 0) is 42.0 Å². The van der Waals surface area contributed by atoms with Crippen LogP contribution in [0.2, 0.25) is 5.02 Å². The van der Waals surface area contributed by atoms with Crippen molar-refractivity contribution in [2.75, 3.05) is 5.73 Å². The van der Waals surface area contributed by atoms with Gasteiger partial charge in [-0.3, -0.25) is 0 Å². The fourth-order valence-corrected chi connectivity index (χ4v) is 2.97. The van der Waals surface area contributed by atoms with E-state index in [1.165, 1.54) is 17.8 Å². The number of nitrogen functional groups attached to an aromatic ring is 1. The molecule has 0 saturated heterocycles. The molecule has 0 fully saturated rings. The van der Waals surface area contributed by atoms with Crippen molar-refractivity contribution < 1.29 is 4.39 Å². The Morgan fingerprint density at radius 1 is 1.22 bits per heavy atom. The minimum Gasteiger partial charge on any atom is -0.398 e. The first-order valence-corrected chi connectivity index (χ1v) is 7.33. The Labute approximate surface area is 123 Å². The number of halogens is 3. The highest BCUT2D eigenvalue weighted by Gasteiger charge is 2.06. The van der Waals surface area contributed by atoms with Crippen LogP contribution >= 0.6 is 39.3 Å². The van der Waals surface area contributed by atoms with Crippen molar-refractivity contribution >= 4 is 45.0 Å². The predicted molar refractivity (Wildman–Crippen MR) is 79.5 cm³/mol. The van der Waals surface area contributed by atoms with Crippen LogP contribution in [0.5, 0.6) is 0 Å². The highest BCUT2D eigenvalue weighted by molar-refractivity contribution is 9.10. The first kappa shape index (κ1) is 13.7. The van der Waals surface area contributed by atoms with Gasteiger partial charge in [-0.15, -0.1) is 11.8 Å². The maximum atomic E-state index is 13.6. The summed E-state index contributed by atoms with van der Waals surface area (Å²) in [5.74, 6) is 0.315. The van der Waals surface area contributed by atoms with E-state index in [2.05, 4.69) is 15.9 Å². The molecule has 0 radical (unpaired) electrons. The van der Waals surface area contributed by atoms with Crippen LogP contribution in [-0.2, 0) is 5.75 Å². The summed E-state index contributed by atoms with van der Waals surface area (Å²) >= 11 is 10.6. The van der Waals surface area contributed by atoms with Crippen LogP contribution in [0.1, 0.15) is 5.56 Å². The van der Waals surface area contributed by atoms with Crippen LogP contribution < -0.4 is 5.73 Å². The first-order valence-electron chi connectivity index (χ1n) is 5.18. The van der Waals surface area contributed by atoms with Crippen LogP contribution in [-0.4, -0.2) is 0 Å². The summed E-state index contributed by atoms with van der Waals surface area (Å²) in [6, 6.07) is 10.2. The van der Waals surface area contributed by atoms with E-state index in [1.54, 1.807) is 24.3 Å². The SMILES string of the molecule is Nc1cc(Cl)ccc1SCc1cc(Br)ccc1F. The van der Waals surface area contributed by atoms with Gasteiger partial charge in [0.15, 0.2) is 0 Å². The number of anilines is 1. The van der Waals surface area contributed by atoms with Crippen LogP contribution in [0.25, 0.3) is 0 Å². The number of hydrogen-bond donors (Lipinski definition) is 1. The lowest BCUT2D eigenvalue weighted by atomic mass is 10.2. The number of benzene rings is 2. The van der Waals surface area contributed by atoms with E-state index < -0.39 is 0 Å². The van der Waals surface area contributed by atoms with E-state index >= 15 is 0 Å². The van der Waals surface area contributed by atoms with E-state index in [0.29, 0.717) is 22.0 Å². The van der Waals surface area contributed by atoms with Crippen molar-refractivity contribution in [2.45, 2.75) is 10.6 Å². The van der Waals surface area contributed by atoms with Gasteiger partial charge >= 0.3 is 0 Å². The molecule has 0 bridgehead atoms. The van der Waals surface area contributed by atoms with Gasteiger partial charge in [0.25, 0.3) is 0 Å². The zero-order chi connectivity index (χ0) is 13.1. The number of hydrogen-bond acceptors (Lipinski definition) is 2. The molecule has 0 aliphatic carbocycles. The normalized spacial score (nSPS) is 10.6. The van der Waals surface area contributed by atoms with Crippen LogP contribution in [0.15, 0.2) is 45.8 Å². The number of nitrogens with two attached hydrogens (primary N) is 1. The third kappa shape index (κ3) is 3.40. The molecule has 0 atom stereocenters. The lowest BCUT2D eigenvalue weighted by molar-refractivity contribution is 0.617. The maximum absolute atomic E-state index is 13.6. The van der Waals surface area contributed by atoms with Crippen LogP contribution in [0.3, 0.4) is 0 Å². The highest BCUT2D eigenvalue weighted by Crippen LogP contribution is 2.31. The molecule has 0 heterocycles. The second-order valence-corrected chi connectivity index (χ2v) is 6.08. The van der Waals surface area contributed by atoms with Gasteiger partial charge in [0.2, 0.25) is 0 Å². The molecule has 2 N–H and O–H groups in total. The molecule has 5 heteroatoms. The average Bonchev–Trinajstić information content (AvgIpc) is 2.32. The maximum Gasteiger partial charge on any atom is 0.127 e. The molecule has 0 amide bonds. The summed E-state index contributed by atoms with van der Waals surface area (Å²) in [6.07, 6.45) is 0. The Kier molecular flexibility index (Phi) is 4.54. The predicted octanol–water partition coefficient (Wildman–Crippen LogP) is 5.12. The summed E-state index contributed by atoms with van der Waals surface area (Å²) in [6.45, 7) is 0. The average molecular weight is 347 g/mol. The minimum atomic E-state index is -0.210. The second kappa shape index (κ2) is 5.95. The standard InChI is InChI=1S/C13H10BrClFNS/c14-9-1-3-11(16)8(5-9)7-18-13-4-2-10(15)6-12(13)17/h1-6H,7,17H2. The van der Waals surface area contributed by atoms with Crippen molar-refractivity contribution in [3.8, 4) is 0 Å². The van der Waals surface area contributed by atoms with Gasteiger partial charge in [0, 0.05) is 25.8 Å². The third-order valence-electron chi connectivity index (χ3n) is 2.36. The Hall–Kier alpha value is -0.710. The van der Waals surface area contributed by atoms with Gasteiger partial charge in [-0.2, -0.15) is 0 Å². The Morgan fingerprint density at radius 2 is 2.00 bits per heavy atom. The van der Waals surface area contributed by atoms with Gasteiger partial charge in [0.05, 0.1) is 0 Å². The van der Waals surface area contributed by atoms with Crippen molar-refractivity contribution in [2.24, 2.45) is 0 Å². The molecule has 94 valence electrons. The minimum absolute atomic E-state index is 0.210. The van der Waals surface area contributed by atoms with E-state index in [0.717, 1.165) is 9.37 Å². The number of thioether (sulfide) groups is 1. The molecule has 2 aromatic carbocycles. The Morgan fingerprint density at radius 3 is 2.72 bits per heavy atom. The molecule has 0 unspecified atom stereocenters. The van der Waals surface area contributed by atoms with Gasteiger partial charge < -0.3 is 5.73 Å². The summed E-state index contributed by atoms with van der Waals surface area (Å²) in [7, 11) is 0. The zero-order valence-electron chi connectivity index (χ0n) is 9.29. The molecule has 2 aromatic rings. The monoisotopic (exact) mass is 345 g/mol. The Bertz CT molecular complexity index is 577. The van der Waals surface area contributed by atoms with Gasteiger partial charge in [0.1, 0.15) is 5.82 Å². The van der Waals surface area contributed by atoms with E-state index in [-0.39, 0.29) is 5.82 Å². The smallest absolute Gasteiger partial charge is 0.127 e. The molecule has 18 heavy (non-hydrogen) atoms. The van der Waals surface area contributed by atoms with Crippen molar-refractivity contribution in [3.63, 3.8) is 0 Å². The molecular weight excluding hydrogens is 337 g/mol. The first-order chi connectivity index (χ1) is 8.56. The topological polar surface area (TPSA) is 26.0 Å². The molecule has 0 aliphatic rings. The summed E-state index contributed by atoms with van der Waals surface area (Å²) in [5, 5.41) is 0.602. The third-order valence-corrected chi connectivity index (χ3v) is 4.23.